The molecule has 0 saturated carbocycles. The summed E-state index contributed by atoms with van der Waals surface area (Å²) in [6.07, 6.45) is -0.123. The molecule has 5 heteroatoms. The molecule has 0 bridgehead atoms. The fourth-order valence-electron chi connectivity index (χ4n) is 1.59. The molecule has 0 fully saturated rings. The lowest BCUT2D eigenvalue weighted by atomic mass is 10.2. The van der Waals surface area contributed by atoms with Crippen LogP contribution in [0.15, 0.2) is 24.3 Å². The van der Waals surface area contributed by atoms with Crippen molar-refractivity contribution in [3.8, 4) is 5.75 Å². The van der Waals surface area contributed by atoms with E-state index in [0.717, 1.165) is 18.7 Å². The molecule has 0 saturated heterocycles. The first kappa shape index (κ1) is 16.5. The van der Waals surface area contributed by atoms with Crippen LogP contribution in [-0.4, -0.2) is 38.9 Å². The van der Waals surface area contributed by atoms with Crippen LogP contribution in [-0.2, 0) is 20.8 Å². The average Bonchev–Trinajstić information content (AvgIpc) is 2.41. The van der Waals surface area contributed by atoms with Crippen molar-refractivity contribution >= 4 is 5.97 Å². The summed E-state index contributed by atoms with van der Waals surface area (Å²) in [4.78, 5) is 11.4. The molecule has 0 aliphatic rings. The van der Waals surface area contributed by atoms with Gasteiger partial charge in [-0.15, -0.1) is 0 Å². The molecule has 20 heavy (non-hydrogen) atoms. The van der Waals surface area contributed by atoms with Crippen LogP contribution in [0, 0.1) is 0 Å². The van der Waals surface area contributed by atoms with Gasteiger partial charge in [-0.3, -0.25) is 0 Å². The van der Waals surface area contributed by atoms with E-state index in [1.54, 1.807) is 7.11 Å². The molecule has 0 spiro atoms. The molecule has 0 atom stereocenters. The molecule has 0 aliphatic carbocycles. The largest absolute Gasteiger partial charge is 0.482 e. The molecule has 1 rings (SSSR count). The highest BCUT2D eigenvalue weighted by Crippen LogP contribution is 2.13. The second-order valence-corrected chi connectivity index (χ2v) is 4.64. The third kappa shape index (κ3) is 7.11. The topological polar surface area (TPSA) is 56.8 Å². The Labute approximate surface area is 120 Å². The van der Waals surface area contributed by atoms with E-state index in [2.05, 4.69) is 5.32 Å². The molecule has 0 unspecified atom stereocenters. The third-order valence-electron chi connectivity index (χ3n) is 2.43. The Morgan fingerprint density at radius 2 is 2.15 bits per heavy atom. The van der Waals surface area contributed by atoms with Crippen LogP contribution >= 0.6 is 0 Å². The van der Waals surface area contributed by atoms with Crippen molar-refractivity contribution in [1.82, 2.24) is 5.32 Å². The Bertz CT molecular complexity index is 407. The normalized spacial score (nSPS) is 10.6. The molecule has 0 heterocycles. The van der Waals surface area contributed by atoms with E-state index in [1.165, 1.54) is 0 Å². The first-order valence-corrected chi connectivity index (χ1v) is 6.72. The van der Waals surface area contributed by atoms with Crippen LogP contribution < -0.4 is 10.1 Å². The van der Waals surface area contributed by atoms with Gasteiger partial charge in [0.25, 0.3) is 0 Å². The summed E-state index contributed by atoms with van der Waals surface area (Å²) in [6.45, 7) is 5.75. The lowest BCUT2D eigenvalue weighted by molar-refractivity contribution is -0.149. The average molecular weight is 281 g/mol. The van der Waals surface area contributed by atoms with Crippen LogP contribution in [0.2, 0.25) is 0 Å². The van der Waals surface area contributed by atoms with Crippen molar-refractivity contribution in [2.24, 2.45) is 0 Å². The summed E-state index contributed by atoms with van der Waals surface area (Å²) in [6, 6.07) is 7.62. The van der Waals surface area contributed by atoms with Crippen LogP contribution in [0.3, 0.4) is 0 Å². The summed E-state index contributed by atoms with van der Waals surface area (Å²) in [7, 11) is 1.67. The highest BCUT2D eigenvalue weighted by Gasteiger charge is 2.06. The van der Waals surface area contributed by atoms with Crippen LogP contribution in [0.25, 0.3) is 0 Å². The Balaban J connectivity index is 2.37. The number of carbonyl (C=O) groups is 1. The van der Waals surface area contributed by atoms with Gasteiger partial charge in [0.15, 0.2) is 6.61 Å². The molecule has 0 aliphatic heterocycles. The summed E-state index contributed by atoms with van der Waals surface area (Å²) >= 11 is 0. The van der Waals surface area contributed by atoms with Crippen LogP contribution in [0.1, 0.15) is 19.4 Å². The van der Waals surface area contributed by atoms with E-state index < -0.39 is 0 Å². The van der Waals surface area contributed by atoms with Crippen molar-refractivity contribution in [2.75, 3.05) is 26.9 Å². The maximum atomic E-state index is 11.4. The fourth-order valence-corrected chi connectivity index (χ4v) is 1.59. The van der Waals surface area contributed by atoms with Crippen molar-refractivity contribution in [1.29, 1.82) is 0 Å². The molecule has 112 valence electrons. The summed E-state index contributed by atoms with van der Waals surface area (Å²) in [5, 5.41) is 3.25. The number of nitrogens with one attached hydrogen (secondary N) is 1. The highest BCUT2D eigenvalue weighted by atomic mass is 16.6. The molecule has 0 radical (unpaired) electrons. The predicted molar refractivity (Wildman–Crippen MR) is 76.7 cm³/mol. The quantitative estimate of drug-likeness (QED) is 0.552. The van der Waals surface area contributed by atoms with Crippen LogP contribution in [0.5, 0.6) is 5.75 Å². The van der Waals surface area contributed by atoms with Crippen molar-refractivity contribution in [2.45, 2.75) is 26.5 Å². The fraction of sp³-hybridized carbons (Fsp3) is 0.533. The molecule has 5 nitrogen and oxygen atoms in total. The Morgan fingerprint density at radius 3 is 2.85 bits per heavy atom. The van der Waals surface area contributed by atoms with Crippen molar-refractivity contribution in [3.05, 3.63) is 29.8 Å². The third-order valence-corrected chi connectivity index (χ3v) is 2.43. The number of hydrogen-bond donors (Lipinski definition) is 1. The van der Waals surface area contributed by atoms with Gasteiger partial charge in [-0.1, -0.05) is 12.1 Å². The van der Waals surface area contributed by atoms with Gasteiger partial charge in [0, 0.05) is 20.2 Å². The molecular formula is C15H23NO4. The van der Waals surface area contributed by atoms with Crippen molar-refractivity contribution in [3.63, 3.8) is 0 Å². The molecule has 1 N–H and O–H groups in total. The summed E-state index contributed by atoms with van der Waals surface area (Å²) in [5.74, 6) is 0.306. The second kappa shape index (κ2) is 9.34. The molecule has 0 amide bonds. The lowest BCUT2D eigenvalue weighted by Crippen LogP contribution is -2.19. The zero-order chi connectivity index (χ0) is 14.8. The number of benzene rings is 1. The Kier molecular flexibility index (Phi) is 7.69. The minimum absolute atomic E-state index is 0.0707. The number of carbonyl (C=O) groups excluding carboxylic acids is 1. The maximum Gasteiger partial charge on any atom is 0.344 e. The number of hydrogen-bond acceptors (Lipinski definition) is 5. The van der Waals surface area contributed by atoms with E-state index in [-0.39, 0.29) is 18.7 Å². The van der Waals surface area contributed by atoms with Gasteiger partial charge < -0.3 is 19.5 Å². The summed E-state index contributed by atoms with van der Waals surface area (Å²) in [5.41, 5.74) is 1.09. The van der Waals surface area contributed by atoms with Gasteiger partial charge in [0.2, 0.25) is 0 Å². The van der Waals surface area contributed by atoms with Gasteiger partial charge in [0.05, 0.1) is 12.7 Å². The van der Waals surface area contributed by atoms with Crippen LogP contribution in [0.4, 0.5) is 0 Å². The predicted octanol–water partition coefficient (Wildman–Crippen LogP) is 1.75. The standard InChI is InChI=1S/C15H23NO4/c1-12(2)20-15(17)11-19-14-6-4-5-13(9-14)10-16-7-8-18-3/h4-6,9,12,16H,7-8,10-11H2,1-3H3. The number of esters is 1. The number of rotatable bonds is 9. The Hall–Kier alpha value is -1.59. The van der Waals surface area contributed by atoms with Gasteiger partial charge in [0.1, 0.15) is 5.75 Å². The lowest BCUT2D eigenvalue weighted by Gasteiger charge is -2.10. The molecule has 0 aromatic heterocycles. The van der Waals surface area contributed by atoms with E-state index in [9.17, 15) is 4.79 Å². The SMILES string of the molecule is COCCNCc1cccc(OCC(=O)OC(C)C)c1. The molecule has 1 aromatic rings. The number of methoxy groups -OCH3 is 1. The van der Waals surface area contributed by atoms with Gasteiger partial charge in [-0.2, -0.15) is 0 Å². The van der Waals surface area contributed by atoms with E-state index in [1.807, 2.05) is 38.1 Å². The second-order valence-electron chi connectivity index (χ2n) is 4.64. The van der Waals surface area contributed by atoms with Gasteiger partial charge >= 0.3 is 5.97 Å². The van der Waals surface area contributed by atoms with Crippen molar-refractivity contribution < 1.29 is 19.0 Å². The highest BCUT2D eigenvalue weighted by molar-refractivity contribution is 5.71. The minimum atomic E-state index is -0.358. The molecular weight excluding hydrogens is 258 g/mol. The van der Waals surface area contributed by atoms with E-state index in [0.29, 0.717) is 12.4 Å². The smallest absolute Gasteiger partial charge is 0.344 e. The van der Waals surface area contributed by atoms with E-state index in [4.69, 9.17) is 14.2 Å². The van der Waals surface area contributed by atoms with Gasteiger partial charge in [-0.05, 0) is 31.5 Å². The zero-order valence-electron chi connectivity index (χ0n) is 12.3. The maximum absolute atomic E-state index is 11.4. The molecule has 1 aromatic carbocycles. The Morgan fingerprint density at radius 1 is 1.35 bits per heavy atom. The zero-order valence-corrected chi connectivity index (χ0v) is 12.3. The number of ether oxygens (including phenoxy) is 3. The first-order valence-electron chi connectivity index (χ1n) is 6.72. The summed E-state index contributed by atoms with van der Waals surface area (Å²) < 4.78 is 15.4. The first-order chi connectivity index (χ1) is 9.61. The monoisotopic (exact) mass is 281 g/mol. The van der Waals surface area contributed by atoms with Gasteiger partial charge in [-0.25, -0.2) is 4.79 Å². The minimum Gasteiger partial charge on any atom is -0.482 e. The van der Waals surface area contributed by atoms with E-state index >= 15 is 0 Å².